The van der Waals surface area contributed by atoms with E-state index < -0.39 is 0 Å². The predicted octanol–water partition coefficient (Wildman–Crippen LogP) is 2.96. The van der Waals surface area contributed by atoms with E-state index in [-0.39, 0.29) is 29.8 Å². The largest absolute Gasteiger partial charge is 0.342 e. The fourth-order valence-corrected chi connectivity index (χ4v) is 3.10. The van der Waals surface area contributed by atoms with Crippen molar-refractivity contribution in [3.05, 3.63) is 0 Å². The Balaban J connectivity index is 2.91. The molecular formula is C17H32N2O2. The summed E-state index contributed by atoms with van der Waals surface area (Å²) in [4.78, 5) is 27.1. The van der Waals surface area contributed by atoms with Gasteiger partial charge in [-0.3, -0.25) is 9.59 Å². The standard InChI is InChI=1S/C17H32N2O2/c1-6-9-12(4)11-19-14(10-7-2)16(20)18-15(17(19)21)13(5)8-3/h12-15H,6-11H2,1-5H3,(H,18,20). The lowest BCUT2D eigenvalue weighted by Gasteiger charge is -2.42. The normalized spacial score (nSPS) is 25.7. The van der Waals surface area contributed by atoms with E-state index in [4.69, 9.17) is 0 Å². The van der Waals surface area contributed by atoms with Crippen molar-refractivity contribution in [2.45, 2.75) is 78.8 Å². The number of carbonyl (C=O) groups is 2. The monoisotopic (exact) mass is 296 g/mol. The van der Waals surface area contributed by atoms with Crippen LogP contribution in [0.15, 0.2) is 0 Å². The number of nitrogens with one attached hydrogen (secondary N) is 1. The molecule has 0 bridgehead atoms. The predicted molar refractivity (Wildman–Crippen MR) is 85.9 cm³/mol. The van der Waals surface area contributed by atoms with Gasteiger partial charge in [0, 0.05) is 6.54 Å². The van der Waals surface area contributed by atoms with Crippen LogP contribution in [0.4, 0.5) is 0 Å². The van der Waals surface area contributed by atoms with Gasteiger partial charge in [0.1, 0.15) is 12.1 Å². The molecule has 1 rings (SSSR count). The summed E-state index contributed by atoms with van der Waals surface area (Å²) in [6, 6.07) is -0.619. The Labute approximate surface area is 129 Å². The van der Waals surface area contributed by atoms with Crippen molar-refractivity contribution < 1.29 is 9.59 Å². The molecule has 4 heteroatoms. The van der Waals surface area contributed by atoms with Crippen LogP contribution in [-0.4, -0.2) is 35.3 Å². The molecule has 1 aliphatic rings. The van der Waals surface area contributed by atoms with Crippen LogP contribution in [0.25, 0.3) is 0 Å². The van der Waals surface area contributed by atoms with Gasteiger partial charge in [0.15, 0.2) is 0 Å². The molecule has 1 N–H and O–H groups in total. The number of hydrogen-bond donors (Lipinski definition) is 1. The summed E-state index contributed by atoms with van der Waals surface area (Å²) in [5.74, 6) is 0.783. The minimum Gasteiger partial charge on any atom is -0.342 e. The van der Waals surface area contributed by atoms with Gasteiger partial charge < -0.3 is 10.2 Å². The molecule has 1 saturated heterocycles. The van der Waals surface area contributed by atoms with Gasteiger partial charge in [-0.15, -0.1) is 0 Å². The molecule has 0 aliphatic carbocycles. The van der Waals surface area contributed by atoms with E-state index in [0.717, 1.165) is 32.1 Å². The topological polar surface area (TPSA) is 49.4 Å². The Morgan fingerprint density at radius 2 is 1.81 bits per heavy atom. The zero-order valence-electron chi connectivity index (χ0n) is 14.3. The fraction of sp³-hybridized carbons (Fsp3) is 0.882. The minimum atomic E-state index is -0.343. The molecule has 4 atom stereocenters. The highest BCUT2D eigenvalue weighted by Crippen LogP contribution is 2.22. The molecule has 0 saturated carbocycles. The van der Waals surface area contributed by atoms with Gasteiger partial charge in [-0.25, -0.2) is 0 Å². The van der Waals surface area contributed by atoms with Crippen molar-refractivity contribution in [1.82, 2.24) is 10.2 Å². The van der Waals surface area contributed by atoms with Crippen LogP contribution in [0.3, 0.4) is 0 Å². The number of carbonyl (C=O) groups excluding carboxylic acids is 2. The van der Waals surface area contributed by atoms with E-state index in [2.05, 4.69) is 33.0 Å². The average Bonchev–Trinajstić information content (AvgIpc) is 2.45. The molecule has 1 fully saturated rings. The van der Waals surface area contributed by atoms with Crippen LogP contribution in [0, 0.1) is 11.8 Å². The summed E-state index contributed by atoms with van der Waals surface area (Å²) >= 11 is 0. The van der Waals surface area contributed by atoms with Gasteiger partial charge in [-0.2, -0.15) is 0 Å². The summed E-state index contributed by atoms with van der Waals surface area (Å²) in [7, 11) is 0. The lowest BCUT2D eigenvalue weighted by Crippen LogP contribution is -2.65. The molecule has 2 amide bonds. The van der Waals surface area contributed by atoms with Crippen LogP contribution < -0.4 is 5.32 Å². The number of rotatable bonds is 8. The molecular weight excluding hydrogens is 264 g/mol. The molecule has 0 aromatic rings. The lowest BCUT2D eigenvalue weighted by molar-refractivity contribution is -0.151. The molecule has 0 radical (unpaired) electrons. The molecule has 1 aliphatic heterocycles. The molecule has 0 spiro atoms. The van der Waals surface area contributed by atoms with Crippen molar-refractivity contribution in [3.8, 4) is 0 Å². The van der Waals surface area contributed by atoms with Crippen molar-refractivity contribution in [2.75, 3.05) is 6.54 Å². The van der Waals surface area contributed by atoms with Crippen molar-refractivity contribution in [3.63, 3.8) is 0 Å². The third kappa shape index (κ3) is 4.45. The Kier molecular flexibility index (Phi) is 7.20. The Morgan fingerprint density at radius 1 is 1.14 bits per heavy atom. The molecule has 4 unspecified atom stereocenters. The number of nitrogens with zero attached hydrogens (tertiary/aromatic N) is 1. The van der Waals surface area contributed by atoms with E-state index in [1.165, 1.54) is 0 Å². The average molecular weight is 296 g/mol. The summed E-state index contributed by atoms with van der Waals surface area (Å²) < 4.78 is 0. The fourth-order valence-electron chi connectivity index (χ4n) is 3.10. The van der Waals surface area contributed by atoms with Gasteiger partial charge in [-0.05, 0) is 24.7 Å². The van der Waals surface area contributed by atoms with E-state index in [1.54, 1.807) is 0 Å². The SMILES string of the molecule is CCCC(C)CN1C(=O)C(C(C)CC)NC(=O)C1CCC. The van der Waals surface area contributed by atoms with Crippen LogP contribution in [0.1, 0.15) is 66.7 Å². The number of hydrogen-bond acceptors (Lipinski definition) is 2. The number of piperazine rings is 1. The first-order valence-corrected chi connectivity index (χ1v) is 8.56. The molecule has 0 aromatic heterocycles. The third-order valence-electron chi connectivity index (χ3n) is 4.59. The van der Waals surface area contributed by atoms with E-state index in [1.807, 2.05) is 11.8 Å². The molecule has 21 heavy (non-hydrogen) atoms. The van der Waals surface area contributed by atoms with E-state index >= 15 is 0 Å². The smallest absolute Gasteiger partial charge is 0.246 e. The van der Waals surface area contributed by atoms with Crippen molar-refractivity contribution in [1.29, 1.82) is 0 Å². The summed E-state index contributed by atoms with van der Waals surface area (Å²) in [5.41, 5.74) is 0. The highest BCUT2D eigenvalue weighted by Gasteiger charge is 2.41. The number of amides is 2. The summed E-state index contributed by atoms with van der Waals surface area (Å²) in [6.07, 6.45) is 4.77. The van der Waals surface area contributed by atoms with Crippen LogP contribution in [0.5, 0.6) is 0 Å². The quantitative estimate of drug-likeness (QED) is 0.748. The first-order valence-electron chi connectivity index (χ1n) is 8.56. The van der Waals surface area contributed by atoms with Gasteiger partial charge >= 0.3 is 0 Å². The lowest BCUT2D eigenvalue weighted by atomic mass is 9.92. The van der Waals surface area contributed by atoms with E-state index in [9.17, 15) is 9.59 Å². The van der Waals surface area contributed by atoms with Gasteiger partial charge in [0.25, 0.3) is 0 Å². The minimum absolute atomic E-state index is 0.0328. The first kappa shape index (κ1) is 18.0. The second-order valence-corrected chi connectivity index (χ2v) is 6.56. The molecule has 122 valence electrons. The van der Waals surface area contributed by atoms with Crippen molar-refractivity contribution >= 4 is 11.8 Å². The zero-order valence-corrected chi connectivity index (χ0v) is 14.3. The van der Waals surface area contributed by atoms with Gasteiger partial charge in [0.05, 0.1) is 0 Å². The Morgan fingerprint density at radius 3 is 2.33 bits per heavy atom. The third-order valence-corrected chi connectivity index (χ3v) is 4.59. The molecule has 4 nitrogen and oxygen atoms in total. The second kappa shape index (κ2) is 8.40. The first-order chi connectivity index (χ1) is 9.96. The maximum absolute atomic E-state index is 12.8. The highest BCUT2D eigenvalue weighted by molar-refractivity contribution is 5.97. The van der Waals surface area contributed by atoms with Gasteiger partial charge in [-0.1, -0.05) is 53.9 Å². The summed E-state index contributed by atoms with van der Waals surface area (Å²) in [5, 5.41) is 2.96. The van der Waals surface area contributed by atoms with Crippen LogP contribution in [-0.2, 0) is 9.59 Å². The molecule has 1 heterocycles. The Bertz CT molecular complexity index is 357. The van der Waals surface area contributed by atoms with Crippen molar-refractivity contribution in [2.24, 2.45) is 11.8 Å². The zero-order chi connectivity index (χ0) is 16.0. The van der Waals surface area contributed by atoms with Gasteiger partial charge in [0.2, 0.25) is 11.8 Å². The van der Waals surface area contributed by atoms with E-state index in [0.29, 0.717) is 12.5 Å². The maximum Gasteiger partial charge on any atom is 0.246 e. The van der Waals surface area contributed by atoms with Crippen LogP contribution in [0.2, 0.25) is 0 Å². The highest BCUT2D eigenvalue weighted by atomic mass is 16.2. The second-order valence-electron chi connectivity index (χ2n) is 6.56. The Hall–Kier alpha value is -1.06. The summed E-state index contributed by atoms with van der Waals surface area (Å²) in [6.45, 7) is 11.2. The van der Waals surface area contributed by atoms with Crippen LogP contribution >= 0.6 is 0 Å². The molecule has 0 aromatic carbocycles. The maximum atomic E-state index is 12.8.